The molecule has 0 aliphatic carbocycles. The lowest BCUT2D eigenvalue weighted by Crippen LogP contribution is -2.27. The van der Waals surface area contributed by atoms with Crippen molar-refractivity contribution in [3.05, 3.63) is 84.4 Å². The van der Waals surface area contributed by atoms with Gasteiger partial charge in [-0.05, 0) is 73.5 Å². The Hall–Kier alpha value is -3.80. The number of carbonyl (C=O) groups excluding carboxylic acids is 2. The SMILES string of the molecule is O=C(COc1ccc(C(=O)N2CCCC2)cc1)Nc1ccc(Oc2ccccc2)cc1. The minimum absolute atomic E-state index is 0.0430. The highest BCUT2D eigenvalue weighted by atomic mass is 16.5. The first-order valence-electron chi connectivity index (χ1n) is 10.3. The van der Waals surface area contributed by atoms with Gasteiger partial charge in [0.1, 0.15) is 17.2 Å². The Morgan fingerprint density at radius 2 is 1.39 bits per heavy atom. The van der Waals surface area contributed by atoms with E-state index in [4.69, 9.17) is 9.47 Å². The number of rotatable bonds is 7. The molecule has 6 heteroatoms. The summed E-state index contributed by atoms with van der Waals surface area (Å²) in [6, 6.07) is 23.5. The van der Waals surface area contributed by atoms with Crippen LogP contribution in [0.25, 0.3) is 0 Å². The lowest BCUT2D eigenvalue weighted by Gasteiger charge is -2.15. The molecule has 0 saturated carbocycles. The van der Waals surface area contributed by atoms with E-state index >= 15 is 0 Å². The average Bonchev–Trinajstić information content (AvgIpc) is 3.35. The maximum absolute atomic E-state index is 12.4. The van der Waals surface area contributed by atoms with E-state index in [0.29, 0.717) is 22.7 Å². The van der Waals surface area contributed by atoms with Crippen molar-refractivity contribution in [2.75, 3.05) is 25.0 Å². The molecule has 1 heterocycles. The number of benzene rings is 3. The van der Waals surface area contributed by atoms with E-state index in [-0.39, 0.29) is 18.4 Å². The van der Waals surface area contributed by atoms with Crippen LogP contribution in [0.4, 0.5) is 5.69 Å². The number of hydrogen-bond donors (Lipinski definition) is 1. The molecule has 0 unspecified atom stereocenters. The van der Waals surface area contributed by atoms with E-state index in [1.807, 2.05) is 35.2 Å². The number of para-hydroxylation sites is 1. The van der Waals surface area contributed by atoms with E-state index in [2.05, 4.69) is 5.32 Å². The fourth-order valence-corrected chi connectivity index (χ4v) is 3.37. The Morgan fingerprint density at radius 1 is 0.774 bits per heavy atom. The van der Waals surface area contributed by atoms with Gasteiger partial charge in [-0.1, -0.05) is 18.2 Å². The van der Waals surface area contributed by atoms with Crippen molar-refractivity contribution in [1.29, 1.82) is 0 Å². The zero-order valence-corrected chi connectivity index (χ0v) is 17.1. The summed E-state index contributed by atoms with van der Waals surface area (Å²) in [7, 11) is 0. The molecular weight excluding hydrogens is 392 g/mol. The summed E-state index contributed by atoms with van der Waals surface area (Å²) in [6.45, 7) is 1.51. The van der Waals surface area contributed by atoms with Crippen molar-refractivity contribution in [3.63, 3.8) is 0 Å². The van der Waals surface area contributed by atoms with Gasteiger partial charge in [-0.3, -0.25) is 9.59 Å². The second-order valence-electron chi connectivity index (χ2n) is 7.30. The summed E-state index contributed by atoms with van der Waals surface area (Å²) < 4.78 is 11.3. The van der Waals surface area contributed by atoms with E-state index in [9.17, 15) is 9.59 Å². The van der Waals surface area contributed by atoms with Crippen LogP contribution < -0.4 is 14.8 Å². The van der Waals surface area contributed by atoms with Crippen LogP contribution >= 0.6 is 0 Å². The fourth-order valence-electron chi connectivity index (χ4n) is 3.37. The molecule has 158 valence electrons. The monoisotopic (exact) mass is 416 g/mol. The smallest absolute Gasteiger partial charge is 0.262 e. The van der Waals surface area contributed by atoms with Crippen LogP contribution in [0.15, 0.2) is 78.9 Å². The van der Waals surface area contributed by atoms with Crippen molar-refractivity contribution in [3.8, 4) is 17.2 Å². The van der Waals surface area contributed by atoms with Crippen molar-refractivity contribution >= 4 is 17.5 Å². The molecule has 2 amide bonds. The lowest BCUT2D eigenvalue weighted by atomic mass is 10.2. The Labute approximate surface area is 181 Å². The summed E-state index contributed by atoms with van der Waals surface area (Å²) >= 11 is 0. The van der Waals surface area contributed by atoms with Gasteiger partial charge in [0.05, 0.1) is 0 Å². The summed E-state index contributed by atoms with van der Waals surface area (Å²) in [5, 5.41) is 2.79. The topological polar surface area (TPSA) is 67.9 Å². The number of ether oxygens (including phenoxy) is 2. The molecule has 1 N–H and O–H groups in total. The standard InChI is InChI=1S/C25H24N2O4/c28-24(26-20-10-14-23(15-11-20)31-22-6-2-1-3-7-22)18-30-21-12-8-19(9-13-21)25(29)27-16-4-5-17-27/h1-3,6-15H,4-5,16-18H2,(H,26,28). The van der Waals surface area contributed by atoms with Gasteiger partial charge >= 0.3 is 0 Å². The van der Waals surface area contributed by atoms with Crippen LogP contribution in [0, 0.1) is 0 Å². The molecule has 3 aromatic carbocycles. The van der Waals surface area contributed by atoms with Gasteiger partial charge in [-0.15, -0.1) is 0 Å². The van der Waals surface area contributed by atoms with Gasteiger partial charge < -0.3 is 19.7 Å². The maximum Gasteiger partial charge on any atom is 0.262 e. The minimum Gasteiger partial charge on any atom is -0.484 e. The molecule has 6 nitrogen and oxygen atoms in total. The molecule has 31 heavy (non-hydrogen) atoms. The molecule has 1 aliphatic rings. The van der Waals surface area contributed by atoms with Crippen molar-refractivity contribution < 1.29 is 19.1 Å². The van der Waals surface area contributed by atoms with Crippen molar-refractivity contribution in [1.82, 2.24) is 4.90 Å². The summed E-state index contributed by atoms with van der Waals surface area (Å²) in [5.41, 5.74) is 1.29. The Balaban J connectivity index is 1.25. The summed E-state index contributed by atoms with van der Waals surface area (Å²) in [5.74, 6) is 1.75. The third-order valence-electron chi connectivity index (χ3n) is 4.98. The van der Waals surface area contributed by atoms with Gasteiger partial charge in [-0.25, -0.2) is 0 Å². The summed E-state index contributed by atoms with van der Waals surface area (Å²) in [4.78, 5) is 26.4. The predicted octanol–water partition coefficient (Wildman–Crippen LogP) is 4.73. The first-order valence-corrected chi connectivity index (χ1v) is 10.3. The van der Waals surface area contributed by atoms with Crippen LogP contribution in [0.5, 0.6) is 17.2 Å². The van der Waals surface area contributed by atoms with Gasteiger partial charge in [0.25, 0.3) is 11.8 Å². The Bertz CT molecular complexity index is 1010. The third-order valence-corrected chi connectivity index (χ3v) is 4.98. The van der Waals surface area contributed by atoms with Crippen LogP contribution in [0.3, 0.4) is 0 Å². The van der Waals surface area contributed by atoms with E-state index < -0.39 is 0 Å². The highest BCUT2D eigenvalue weighted by Crippen LogP contribution is 2.22. The minimum atomic E-state index is -0.269. The number of nitrogens with zero attached hydrogens (tertiary/aromatic N) is 1. The molecular formula is C25H24N2O4. The second kappa shape index (κ2) is 9.80. The molecule has 0 radical (unpaired) electrons. The second-order valence-corrected chi connectivity index (χ2v) is 7.30. The van der Waals surface area contributed by atoms with Gasteiger partial charge in [0.15, 0.2) is 6.61 Å². The van der Waals surface area contributed by atoms with Gasteiger partial charge in [0, 0.05) is 24.3 Å². The van der Waals surface area contributed by atoms with E-state index in [0.717, 1.165) is 31.7 Å². The number of amides is 2. The number of carbonyl (C=O) groups is 2. The quantitative estimate of drug-likeness (QED) is 0.605. The average molecular weight is 416 g/mol. The predicted molar refractivity (Wildman–Crippen MR) is 119 cm³/mol. The zero-order chi connectivity index (χ0) is 21.5. The molecule has 0 atom stereocenters. The van der Waals surface area contributed by atoms with Crippen molar-refractivity contribution in [2.45, 2.75) is 12.8 Å². The van der Waals surface area contributed by atoms with Gasteiger partial charge in [-0.2, -0.15) is 0 Å². The van der Waals surface area contributed by atoms with E-state index in [1.165, 1.54) is 0 Å². The first kappa shape index (κ1) is 20.5. The van der Waals surface area contributed by atoms with Gasteiger partial charge in [0.2, 0.25) is 0 Å². The molecule has 0 spiro atoms. The zero-order valence-electron chi connectivity index (χ0n) is 17.1. The Morgan fingerprint density at radius 3 is 2.06 bits per heavy atom. The van der Waals surface area contributed by atoms with Crippen LogP contribution in [-0.2, 0) is 4.79 Å². The maximum atomic E-state index is 12.4. The molecule has 0 aromatic heterocycles. The number of likely N-dealkylation sites (tertiary alicyclic amines) is 1. The number of hydrogen-bond acceptors (Lipinski definition) is 4. The first-order chi connectivity index (χ1) is 15.2. The highest BCUT2D eigenvalue weighted by Gasteiger charge is 2.19. The highest BCUT2D eigenvalue weighted by molar-refractivity contribution is 5.94. The molecule has 0 bridgehead atoms. The fraction of sp³-hybridized carbons (Fsp3) is 0.200. The van der Waals surface area contributed by atoms with Crippen molar-refractivity contribution in [2.24, 2.45) is 0 Å². The van der Waals surface area contributed by atoms with E-state index in [1.54, 1.807) is 48.5 Å². The molecule has 3 aromatic rings. The molecule has 4 rings (SSSR count). The lowest BCUT2D eigenvalue weighted by molar-refractivity contribution is -0.118. The normalized spacial score (nSPS) is 13.0. The van der Waals surface area contributed by atoms with Crippen LogP contribution in [0.2, 0.25) is 0 Å². The number of anilines is 1. The molecule has 1 aliphatic heterocycles. The summed E-state index contributed by atoms with van der Waals surface area (Å²) in [6.07, 6.45) is 2.12. The van der Waals surface area contributed by atoms with Crippen LogP contribution in [-0.4, -0.2) is 36.4 Å². The number of nitrogens with one attached hydrogen (secondary N) is 1. The van der Waals surface area contributed by atoms with Crippen LogP contribution in [0.1, 0.15) is 23.2 Å². The molecule has 1 saturated heterocycles. The molecule has 1 fully saturated rings. The Kier molecular flexibility index (Phi) is 6.47. The largest absolute Gasteiger partial charge is 0.484 e. The third kappa shape index (κ3) is 5.63.